The first-order chi connectivity index (χ1) is 15.1. The van der Waals surface area contributed by atoms with Gasteiger partial charge in [-0.3, -0.25) is 0 Å². The van der Waals surface area contributed by atoms with Crippen molar-refractivity contribution in [2.24, 2.45) is 0 Å². The second kappa shape index (κ2) is 14.8. The quantitative estimate of drug-likeness (QED) is 0.199. The van der Waals surface area contributed by atoms with E-state index in [1.165, 1.54) is 0 Å². The maximum absolute atomic E-state index is 6.05. The molecule has 32 heavy (non-hydrogen) atoms. The van der Waals surface area contributed by atoms with Gasteiger partial charge in [-0.2, -0.15) is 0 Å². The molecule has 0 saturated carbocycles. The lowest BCUT2D eigenvalue weighted by atomic mass is 10.0. The van der Waals surface area contributed by atoms with Gasteiger partial charge in [-0.1, -0.05) is 47.8 Å². The zero-order valence-electron chi connectivity index (χ0n) is 17.4. The van der Waals surface area contributed by atoms with Crippen LogP contribution < -0.4 is 9.47 Å². The summed E-state index contributed by atoms with van der Waals surface area (Å²) in [5.74, 6) is 1.57. The van der Waals surface area contributed by atoms with Crippen molar-refractivity contribution in [3.63, 3.8) is 0 Å². The molecule has 2 atom stereocenters. The highest BCUT2D eigenvalue weighted by Gasteiger charge is 2.16. The van der Waals surface area contributed by atoms with E-state index in [0.29, 0.717) is 18.5 Å². The van der Waals surface area contributed by atoms with Crippen molar-refractivity contribution < 1.29 is 14.2 Å². The Bertz CT molecular complexity index is 846. The van der Waals surface area contributed by atoms with Gasteiger partial charge in [0.05, 0.1) is 28.8 Å². The van der Waals surface area contributed by atoms with E-state index in [1.54, 1.807) is 0 Å². The van der Waals surface area contributed by atoms with Crippen molar-refractivity contribution in [3.8, 4) is 11.5 Å². The molecule has 0 saturated heterocycles. The average Bonchev–Trinajstić information content (AvgIpc) is 2.71. The molecule has 10 heteroatoms. The van der Waals surface area contributed by atoms with Gasteiger partial charge in [-0.05, 0) is 119 Å². The van der Waals surface area contributed by atoms with E-state index in [0.717, 1.165) is 52.3 Å². The molecule has 3 nitrogen and oxygen atoms in total. The topological polar surface area (TPSA) is 27.7 Å². The molecule has 0 radical (unpaired) electrons. The van der Waals surface area contributed by atoms with Crippen LogP contribution in [0.15, 0.2) is 42.2 Å². The molecule has 2 aromatic rings. The van der Waals surface area contributed by atoms with Crippen LogP contribution in [-0.2, 0) is 11.2 Å². The van der Waals surface area contributed by atoms with Crippen molar-refractivity contribution in [1.82, 2.24) is 0 Å². The predicted molar refractivity (Wildman–Crippen MR) is 158 cm³/mol. The van der Waals surface area contributed by atoms with Crippen LogP contribution in [-0.4, -0.2) is 40.9 Å². The standard InChI is InChI=1S/C22H23Br7O3/c1-12(2)32-16(9-24)11-31-22-19(28)6-14(7-20(22)29)3-13-4-17(26)21(18(27)5-13)30-10-15(25)8-23/h4-7,12,15-16H,3,8-11H2,1-2H3. The number of halogens is 7. The lowest BCUT2D eigenvalue weighted by molar-refractivity contribution is -0.00316. The summed E-state index contributed by atoms with van der Waals surface area (Å²) in [7, 11) is 0. The minimum absolute atomic E-state index is 0.0155. The van der Waals surface area contributed by atoms with Crippen molar-refractivity contribution in [2.75, 3.05) is 23.9 Å². The lowest BCUT2D eigenvalue weighted by Gasteiger charge is -2.20. The van der Waals surface area contributed by atoms with Crippen molar-refractivity contribution in [2.45, 2.75) is 37.3 Å². The Morgan fingerprint density at radius 1 is 0.719 bits per heavy atom. The van der Waals surface area contributed by atoms with Gasteiger partial charge in [0.2, 0.25) is 0 Å². The maximum atomic E-state index is 6.05. The molecule has 0 aliphatic rings. The summed E-state index contributed by atoms with van der Waals surface area (Å²) in [6.07, 6.45) is 0.896. The minimum Gasteiger partial charge on any atom is -0.490 e. The Morgan fingerprint density at radius 2 is 1.16 bits per heavy atom. The van der Waals surface area contributed by atoms with Gasteiger partial charge in [-0.25, -0.2) is 0 Å². The minimum atomic E-state index is -0.0155. The molecule has 2 rings (SSSR count). The number of hydrogen-bond donors (Lipinski definition) is 0. The van der Waals surface area contributed by atoms with Gasteiger partial charge in [-0.15, -0.1) is 0 Å². The van der Waals surface area contributed by atoms with Crippen LogP contribution in [0, 0.1) is 0 Å². The molecule has 0 amide bonds. The fourth-order valence-electron chi connectivity index (χ4n) is 2.84. The molecule has 0 aliphatic carbocycles. The third-order valence-electron chi connectivity index (χ3n) is 4.15. The number of hydrogen-bond acceptors (Lipinski definition) is 3. The van der Waals surface area contributed by atoms with Crippen molar-refractivity contribution in [3.05, 3.63) is 53.3 Å². The monoisotopic (exact) mass is 888 g/mol. The van der Waals surface area contributed by atoms with Crippen LogP contribution in [0.1, 0.15) is 25.0 Å². The van der Waals surface area contributed by atoms with E-state index >= 15 is 0 Å². The van der Waals surface area contributed by atoms with E-state index in [9.17, 15) is 0 Å². The zero-order valence-corrected chi connectivity index (χ0v) is 28.5. The first-order valence-electron chi connectivity index (χ1n) is 9.77. The van der Waals surface area contributed by atoms with Gasteiger partial charge >= 0.3 is 0 Å². The highest BCUT2D eigenvalue weighted by molar-refractivity contribution is 9.12. The van der Waals surface area contributed by atoms with Gasteiger partial charge in [0.25, 0.3) is 0 Å². The molecule has 0 heterocycles. The first-order valence-corrected chi connectivity index (χ1v) is 16.1. The molecule has 0 spiro atoms. The Balaban J connectivity index is 2.12. The maximum Gasteiger partial charge on any atom is 0.147 e. The highest BCUT2D eigenvalue weighted by Crippen LogP contribution is 2.38. The van der Waals surface area contributed by atoms with E-state index < -0.39 is 0 Å². The Hall–Kier alpha value is 1.36. The fraction of sp³-hybridized carbons (Fsp3) is 0.455. The lowest BCUT2D eigenvalue weighted by Crippen LogP contribution is -2.26. The van der Waals surface area contributed by atoms with Crippen molar-refractivity contribution >= 4 is 112 Å². The normalized spacial score (nSPS) is 13.3. The fourth-order valence-corrected chi connectivity index (χ4v) is 6.52. The molecule has 2 aromatic carbocycles. The second-order valence-electron chi connectivity index (χ2n) is 7.29. The first kappa shape index (κ1) is 29.6. The number of ether oxygens (including phenoxy) is 3. The smallest absolute Gasteiger partial charge is 0.147 e. The largest absolute Gasteiger partial charge is 0.490 e. The van der Waals surface area contributed by atoms with Crippen LogP contribution in [0.25, 0.3) is 0 Å². The van der Waals surface area contributed by atoms with Gasteiger partial charge in [0.15, 0.2) is 0 Å². The van der Waals surface area contributed by atoms with Gasteiger partial charge < -0.3 is 14.2 Å². The number of alkyl halides is 3. The van der Waals surface area contributed by atoms with Gasteiger partial charge in [0, 0.05) is 10.7 Å². The highest BCUT2D eigenvalue weighted by atomic mass is 79.9. The zero-order chi connectivity index (χ0) is 23.8. The summed E-state index contributed by atoms with van der Waals surface area (Å²) in [5, 5.41) is 1.54. The molecule has 0 N–H and O–H groups in total. The summed E-state index contributed by atoms with van der Waals surface area (Å²) in [5.41, 5.74) is 2.31. The Morgan fingerprint density at radius 3 is 1.53 bits per heavy atom. The third kappa shape index (κ3) is 9.43. The summed E-state index contributed by atoms with van der Waals surface area (Å²) < 4.78 is 21.5. The molecule has 2 unspecified atom stereocenters. The molecule has 0 aliphatic heterocycles. The second-order valence-corrected chi connectivity index (χ2v) is 13.3. The third-order valence-corrected chi connectivity index (χ3v) is 9.47. The summed E-state index contributed by atoms with van der Waals surface area (Å²) in [6, 6.07) is 8.36. The van der Waals surface area contributed by atoms with Crippen LogP contribution in [0.3, 0.4) is 0 Å². The average molecular weight is 895 g/mol. The Labute approximate surface area is 249 Å². The van der Waals surface area contributed by atoms with Crippen LogP contribution in [0.5, 0.6) is 11.5 Å². The summed E-state index contributed by atoms with van der Waals surface area (Å²) >= 11 is 25.1. The molecule has 0 bridgehead atoms. The number of benzene rings is 2. The van der Waals surface area contributed by atoms with Crippen LogP contribution >= 0.6 is 112 Å². The summed E-state index contributed by atoms with van der Waals surface area (Å²) in [4.78, 5) is 0.248. The van der Waals surface area contributed by atoms with E-state index in [2.05, 4.69) is 136 Å². The van der Waals surface area contributed by atoms with Crippen LogP contribution in [0.2, 0.25) is 0 Å². The molecule has 0 fully saturated rings. The summed E-state index contributed by atoms with van der Waals surface area (Å²) in [6.45, 7) is 5.08. The Kier molecular flexibility index (Phi) is 13.7. The molecule has 0 aromatic heterocycles. The molecule has 178 valence electrons. The van der Waals surface area contributed by atoms with E-state index in [1.807, 2.05) is 13.8 Å². The number of rotatable bonds is 12. The predicted octanol–water partition coefficient (Wildman–Crippen LogP) is 9.43. The van der Waals surface area contributed by atoms with E-state index in [4.69, 9.17) is 14.2 Å². The SMILES string of the molecule is CC(C)OC(CBr)COc1c(Br)cc(Cc2cc(Br)c(OCC(Br)CBr)c(Br)c2)cc1Br. The van der Waals surface area contributed by atoms with Crippen molar-refractivity contribution in [1.29, 1.82) is 0 Å². The van der Waals surface area contributed by atoms with Crippen LogP contribution in [0.4, 0.5) is 0 Å². The molecular formula is C22H23Br7O3. The molecular weight excluding hydrogens is 872 g/mol. The van der Waals surface area contributed by atoms with Gasteiger partial charge in [0.1, 0.15) is 30.8 Å². The van der Waals surface area contributed by atoms with E-state index in [-0.39, 0.29) is 17.0 Å².